The lowest BCUT2D eigenvalue weighted by Gasteiger charge is -2.32. The number of carboxylic acid groups (broad SMARTS) is 5. The lowest BCUT2D eigenvalue weighted by molar-refractivity contribution is -0.143. The minimum Gasteiger partial charge on any atom is -0.480 e. The molecule has 0 saturated carbocycles. The predicted octanol–water partition coefficient (Wildman–Crippen LogP) is 0.534. The Morgan fingerprint density at radius 1 is 0.486 bits per heavy atom. The fourth-order valence-electron chi connectivity index (χ4n) is 1.80. The number of carbonyl (C=O) groups is 6. The molecule has 0 saturated heterocycles. The van der Waals surface area contributed by atoms with Crippen LogP contribution in [-0.4, -0.2) is 108 Å². The van der Waals surface area contributed by atoms with Crippen LogP contribution in [0.2, 0.25) is 0 Å². The fraction of sp³-hybridized carbons (Fsp3) is 0.538. The minimum atomic E-state index is -4.73. The van der Waals surface area contributed by atoms with E-state index in [0.717, 1.165) is 7.11 Å². The van der Waals surface area contributed by atoms with Crippen LogP contribution in [0.4, 0.5) is 0 Å². The van der Waals surface area contributed by atoms with E-state index in [1.54, 1.807) is 0 Å². The van der Waals surface area contributed by atoms with Crippen molar-refractivity contribution >= 4 is 58.8 Å². The topological polar surface area (TPSA) is 305 Å². The third-order valence-corrected chi connectivity index (χ3v) is 11.3. The molecule has 1 aliphatic heterocycles. The molecular weight excluding hydrogens is 579 g/mol. The summed E-state index contributed by atoms with van der Waals surface area (Å²) in [5.74, 6) is -9.43. The molecule has 0 aromatic carbocycles. The average Bonchev–Trinajstić information content (AvgIpc) is 2.81. The summed E-state index contributed by atoms with van der Waals surface area (Å²) >= 11 is 0. The summed E-state index contributed by atoms with van der Waals surface area (Å²) in [4.78, 5) is 67.5. The molecule has 0 bridgehead atoms. The van der Waals surface area contributed by atoms with Crippen LogP contribution in [0.1, 0.15) is 0 Å². The summed E-state index contributed by atoms with van der Waals surface area (Å²) in [6.45, 7) is -7.46. The molecule has 210 valence electrons. The van der Waals surface area contributed by atoms with Gasteiger partial charge < -0.3 is 30.3 Å². The molecule has 0 aliphatic carbocycles. The summed E-state index contributed by atoms with van der Waals surface area (Å²) < 4.78 is 46.3. The molecule has 0 radical (unpaired) electrons. The van der Waals surface area contributed by atoms with Crippen molar-refractivity contribution in [3.05, 3.63) is 0 Å². The molecule has 21 nitrogen and oxygen atoms in total. The number of methoxy groups -OCH3 is 1. The fourth-order valence-corrected chi connectivity index (χ4v) is 11.0. The van der Waals surface area contributed by atoms with Gasteiger partial charge in [-0.25, -0.2) is 28.8 Å². The van der Waals surface area contributed by atoms with Crippen LogP contribution < -0.4 is 0 Å². The van der Waals surface area contributed by atoms with Crippen molar-refractivity contribution in [3.63, 3.8) is 0 Å². The zero-order valence-corrected chi connectivity index (χ0v) is 21.2. The Hall–Kier alpha value is -2.73. The van der Waals surface area contributed by atoms with Crippen molar-refractivity contribution in [2.45, 2.75) is 0 Å². The highest BCUT2D eigenvalue weighted by atomic mass is 31.3. The van der Waals surface area contributed by atoms with Crippen molar-refractivity contribution in [3.8, 4) is 0 Å². The van der Waals surface area contributed by atoms with Gasteiger partial charge in [0.15, 0.2) is 39.6 Å². The lowest BCUT2D eigenvalue weighted by atomic mass is 10.8. The highest BCUT2D eigenvalue weighted by Gasteiger charge is 2.45. The monoisotopic (exact) mass is 599 g/mol. The number of hydrogen-bond acceptors (Lipinski definition) is 16. The van der Waals surface area contributed by atoms with E-state index in [-0.39, 0.29) is 0 Å². The minimum absolute atomic E-state index is 0.936. The molecule has 24 heteroatoms. The Morgan fingerprint density at radius 2 is 0.703 bits per heavy atom. The molecular formula is C13H20N3O18P3. The van der Waals surface area contributed by atoms with Gasteiger partial charge in [-0.3, -0.25) is 27.1 Å². The number of esters is 1. The van der Waals surface area contributed by atoms with E-state index in [1.165, 1.54) is 0 Å². The molecule has 1 unspecified atom stereocenters. The number of carboxylic acids is 5. The highest BCUT2D eigenvalue weighted by molar-refractivity contribution is 7.78. The molecule has 0 aromatic rings. The van der Waals surface area contributed by atoms with Crippen molar-refractivity contribution in [1.82, 2.24) is 0 Å². The van der Waals surface area contributed by atoms with Gasteiger partial charge in [-0.2, -0.15) is 0 Å². The van der Waals surface area contributed by atoms with Crippen LogP contribution in [-0.2, 0) is 60.6 Å². The van der Waals surface area contributed by atoms with E-state index in [1.807, 2.05) is 0 Å². The molecule has 0 spiro atoms. The van der Waals surface area contributed by atoms with Gasteiger partial charge >= 0.3 is 58.8 Å². The Labute approximate surface area is 206 Å². The number of ether oxygens (including phenoxy) is 1. The third kappa shape index (κ3) is 11.5. The normalized spacial score (nSPS) is 19.4. The predicted molar refractivity (Wildman–Crippen MR) is 114 cm³/mol. The van der Waals surface area contributed by atoms with Crippen LogP contribution in [0.5, 0.6) is 0 Å². The van der Waals surface area contributed by atoms with Gasteiger partial charge in [0.25, 0.3) is 0 Å². The van der Waals surface area contributed by atoms with Crippen molar-refractivity contribution < 1.29 is 86.2 Å². The molecule has 0 fully saturated rings. The van der Waals surface area contributed by atoms with Crippen LogP contribution in [0.15, 0.2) is 13.5 Å². The quantitative estimate of drug-likeness (QED) is 0.106. The maximum atomic E-state index is 11.7. The van der Waals surface area contributed by atoms with E-state index < -0.39 is 98.4 Å². The van der Waals surface area contributed by atoms with Gasteiger partial charge in [-0.05, 0) is 0 Å². The van der Waals surface area contributed by atoms with E-state index in [4.69, 9.17) is 52.7 Å². The first-order valence-electron chi connectivity index (χ1n) is 9.10. The molecule has 1 heterocycles. The van der Waals surface area contributed by atoms with Crippen LogP contribution in [0.25, 0.3) is 0 Å². The number of nitrogens with zero attached hydrogens (tertiary/aromatic N) is 3. The molecule has 1 atom stereocenters. The van der Waals surface area contributed by atoms with Crippen LogP contribution in [0, 0.1) is 0 Å². The summed E-state index contributed by atoms with van der Waals surface area (Å²) in [6, 6.07) is 0. The van der Waals surface area contributed by atoms with Crippen molar-refractivity contribution in [1.29, 1.82) is 0 Å². The smallest absolute Gasteiger partial charge is 0.350 e. The Morgan fingerprint density at radius 3 is 0.892 bits per heavy atom. The van der Waals surface area contributed by atoms with E-state index in [9.17, 15) is 28.8 Å². The Kier molecular flexibility index (Phi) is 12.5. The molecule has 0 amide bonds. The van der Waals surface area contributed by atoms with Gasteiger partial charge in [-0.15, -0.1) is 13.5 Å². The molecule has 37 heavy (non-hydrogen) atoms. The summed E-state index contributed by atoms with van der Waals surface area (Å²) in [5.41, 5.74) is 0. The molecule has 1 aliphatic rings. The van der Waals surface area contributed by atoms with Gasteiger partial charge in [0.1, 0.15) is 0 Å². The van der Waals surface area contributed by atoms with Crippen molar-refractivity contribution in [2.24, 2.45) is 13.5 Å². The third-order valence-electron chi connectivity index (χ3n) is 3.04. The summed E-state index contributed by atoms with van der Waals surface area (Å²) in [5, 5.41) is 45.3. The largest absolute Gasteiger partial charge is 0.480 e. The standard InChI is InChI=1S/C13H20N3O18P3/c1-28-13(27)7-34-37(33-6-12(25)26)15-35(29-2-8(17)18,30-3-9(19)20)14-36(16-37,31-4-10(21)22)32-5-11(23)24/h2-7H2,1H3,(H,17,18)(H,19,20)(H,21,22)(H,23,24)(H,25,26). The van der Waals surface area contributed by atoms with E-state index >= 15 is 0 Å². The second-order valence-electron chi connectivity index (χ2n) is 5.93. The van der Waals surface area contributed by atoms with E-state index in [2.05, 4.69) is 18.3 Å². The van der Waals surface area contributed by atoms with Crippen LogP contribution in [0.3, 0.4) is 0 Å². The van der Waals surface area contributed by atoms with Crippen molar-refractivity contribution in [2.75, 3.05) is 46.8 Å². The highest BCUT2D eigenvalue weighted by Crippen LogP contribution is 2.80. The Bertz CT molecular complexity index is 1020. The average molecular weight is 599 g/mol. The number of aliphatic carboxylic acids is 5. The summed E-state index contributed by atoms with van der Waals surface area (Å²) in [7, 11) is -13.2. The first kappa shape index (κ1) is 32.3. The zero-order valence-electron chi connectivity index (χ0n) is 18.5. The number of rotatable bonds is 18. The van der Waals surface area contributed by atoms with Gasteiger partial charge in [-0.1, -0.05) is 0 Å². The Balaban J connectivity index is 4.02. The SMILES string of the molecule is COC(=O)COP1(OCC(=O)O)=NP(OCC(=O)O)(OCC(=O)O)=NP(OCC(=O)O)(OCC(=O)O)=N1. The second-order valence-corrected chi connectivity index (χ2v) is 12.6. The maximum Gasteiger partial charge on any atom is 0.350 e. The number of hydrogen-bond donors (Lipinski definition) is 5. The van der Waals surface area contributed by atoms with Gasteiger partial charge in [0, 0.05) is 0 Å². The lowest BCUT2D eigenvalue weighted by Crippen LogP contribution is -2.16. The first-order chi connectivity index (χ1) is 17.2. The molecule has 0 aromatic heterocycles. The second kappa shape index (κ2) is 14.3. The van der Waals surface area contributed by atoms with E-state index in [0.29, 0.717) is 0 Å². The van der Waals surface area contributed by atoms with Gasteiger partial charge in [0.2, 0.25) is 0 Å². The van der Waals surface area contributed by atoms with Crippen LogP contribution >= 0.6 is 23.0 Å². The van der Waals surface area contributed by atoms with Gasteiger partial charge in [0.05, 0.1) is 7.11 Å². The summed E-state index contributed by atoms with van der Waals surface area (Å²) in [6.07, 6.45) is 0. The zero-order chi connectivity index (χ0) is 28.3. The maximum absolute atomic E-state index is 11.7. The number of carbonyl (C=O) groups excluding carboxylic acids is 1. The molecule has 1 rings (SSSR count). The molecule has 5 N–H and O–H groups in total. The first-order valence-corrected chi connectivity index (χ1v) is 13.7.